The number of hydrogen-bond donors (Lipinski definition) is 1. The summed E-state index contributed by atoms with van der Waals surface area (Å²) in [5.74, 6) is 0.412. The minimum Gasteiger partial charge on any atom is -0.497 e. The smallest absolute Gasteiger partial charge is 0.257 e. The molecule has 1 unspecified atom stereocenters. The van der Waals surface area contributed by atoms with E-state index in [1.807, 2.05) is 48.5 Å². The van der Waals surface area contributed by atoms with Gasteiger partial charge in [-0.1, -0.05) is 30.3 Å². The highest BCUT2D eigenvalue weighted by molar-refractivity contribution is 6.03. The fourth-order valence-electron chi connectivity index (χ4n) is 3.66. The lowest BCUT2D eigenvalue weighted by atomic mass is 10.0. The van der Waals surface area contributed by atoms with Gasteiger partial charge in [0.1, 0.15) is 18.1 Å². The maximum atomic E-state index is 13.0. The van der Waals surface area contributed by atoms with E-state index in [9.17, 15) is 9.59 Å². The second-order valence-corrected chi connectivity index (χ2v) is 6.93. The molecule has 2 aromatic carbocycles. The predicted molar refractivity (Wildman–Crippen MR) is 110 cm³/mol. The van der Waals surface area contributed by atoms with Gasteiger partial charge < -0.3 is 19.4 Å². The van der Waals surface area contributed by atoms with E-state index in [0.717, 1.165) is 23.3 Å². The van der Waals surface area contributed by atoms with Gasteiger partial charge in [-0.3, -0.25) is 9.59 Å². The number of amides is 2. The van der Waals surface area contributed by atoms with Crippen molar-refractivity contribution in [2.75, 3.05) is 19.0 Å². The van der Waals surface area contributed by atoms with Crippen LogP contribution in [0, 0.1) is 0 Å². The Morgan fingerprint density at radius 3 is 2.62 bits per heavy atom. The lowest BCUT2D eigenvalue weighted by molar-refractivity contribution is -0.119. The standard InChI is InChI=1S/C23H22N2O4/c1-28-18-10-8-16(9-11-18)19-5-2-3-6-20(19)24-22(26)21-7-4-13-25(21)23(27)17-12-14-29-15-17/h2-3,5-6,8-12,14-15,21H,4,7,13H2,1H3,(H,24,26). The Bertz CT molecular complexity index is 996. The molecule has 2 heterocycles. The first kappa shape index (κ1) is 18.8. The van der Waals surface area contributed by atoms with Gasteiger partial charge in [0.2, 0.25) is 5.91 Å². The molecule has 2 amide bonds. The van der Waals surface area contributed by atoms with E-state index >= 15 is 0 Å². The third-order valence-corrected chi connectivity index (χ3v) is 5.17. The maximum absolute atomic E-state index is 13.0. The number of carbonyl (C=O) groups is 2. The number of rotatable bonds is 5. The monoisotopic (exact) mass is 390 g/mol. The van der Waals surface area contributed by atoms with Crippen molar-refractivity contribution in [3.05, 3.63) is 72.7 Å². The van der Waals surface area contributed by atoms with E-state index in [4.69, 9.17) is 9.15 Å². The van der Waals surface area contributed by atoms with Crippen molar-refractivity contribution in [1.29, 1.82) is 0 Å². The highest BCUT2D eigenvalue weighted by Gasteiger charge is 2.35. The van der Waals surface area contributed by atoms with Crippen LogP contribution in [0.2, 0.25) is 0 Å². The number of hydrogen-bond acceptors (Lipinski definition) is 4. The summed E-state index contributed by atoms with van der Waals surface area (Å²) in [4.78, 5) is 27.4. The molecular weight excluding hydrogens is 368 g/mol. The van der Waals surface area contributed by atoms with E-state index in [2.05, 4.69) is 5.32 Å². The number of benzene rings is 2. The van der Waals surface area contributed by atoms with Gasteiger partial charge in [-0.05, 0) is 42.7 Å². The third kappa shape index (κ3) is 3.87. The molecule has 29 heavy (non-hydrogen) atoms. The molecule has 0 spiro atoms. The van der Waals surface area contributed by atoms with E-state index in [0.29, 0.717) is 24.2 Å². The van der Waals surface area contributed by atoms with E-state index in [-0.39, 0.29) is 11.8 Å². The number of furan rings is 1. The molecule has 0 aliphatic carbocycles. The molecule has 6 heteroatoms. The third-order valence-electron chi connectivity index (χ3n) is 5.17. The number of para-hydroxylation sites is 1. The predicted octanol–water partition coefficient (Wildman–Crippen LogP) is 4.20. The molecular formula is C23H22N2O4. The van der Waals surface area contributed by atoms with Crippen molar-refractivity contribution in [3.8, 4) is 16.9 Å². The van der Waals surface area contributed by atoms with Crippen LogP contribution in [-0.2, 0) is 4.79 Å². The molecule has 1 aromatic heterocycles. The molecule has 0 radical (unpaired) electrons. The number of methoxy groups -OCH3 is 1. The summed E-state index contributed by atoms with van der Waals surface area (Å²) in [6.45, 7) is 0.558. The normalized spacial score (nSPS) is 15.9. The van der Waals surface area contributed by atoms with Crippen LogP contribution in [0.4, 0.5) is 5.69 Å². The first-order valence-electron chi connectivity index (χ1n) is 9.55. The zero-order valence-electron chi connectivity index (χ0n) is 16.1. The van der Waals surface area contributed by atoms with Crippen molar-refractivity contribution in [1.82, 2.24) is 4.90 Å². The Labute approximate surface area is 169 Å². The average molecular weight is 390 g/mol. The minimum absolute atomic E-state index is 0.180. The number of nitrogens with one attached hydrogen (secondary N) is 1. The van der Waals surface area contributed by atoms with Gasteiger partial charge >= 0.3 is 0 Å². The molecule has 0 bridgehead atoms. The van der Waals surface area contributed by atoms with Gasteiger partial charge in [-0.15, -0.1) is 0 Å². The lowest BCUT2D eigenvalue weighted by Gasteiger charge is -2.24. The quantitative estimate of drug-likeness (QED) is 0.709. The van der Waals surface area contributed by atoms with Crippen LogP contribution in [-0.4, -0.2) is 36.4 Å². The topological polar surface area (TPSA) is 71.8 Å². The SMILES string of the molecule is COc1ccc(-c2ccccc2NC(=O)C2CCCN2C(=O)c2ccoc2)cc1. The summed E-state index contributed by atoms with van der Waals surface area (Å²) in [6, 6.07) is 16.4. The number of likely N-dealkylation sites (tertiary alicyclic amines) is 1. The molecule has 1 aliphatic heterocycles. The molecule has 6 nitrogen and oxygen atoms in total. The van der Waals surface area contributed by atoms with Crippen LogP contribution < -0.4 is 10.1 Å². The summed E-state index contributed by atoms with van der Waals surface area (Å²) in [5, 5.41) is 3.02. The van der Waals surface area contributed by atoms with E-state index in [1.54, 1.807) is 18.1 Å². The van der Waals surface area contributed by atoms with E-state index < -0.39 is 6.04 Å². The Morgan fingerprint density at radius 2 is 1.90 bits per heavy atom. The van der Waals surface area contributed by atoms with Gasteiger partial charge in [-0.2, -0.15) is 0 Å². The van der Waals surface area contributed by atoms with Crippen LogP contribution in [0.5, 0.6) is 5.75 Å². The molecule has 1 N–H and O–H groups in total. The van der Waals surface area contributed by atoms with E-state index in [1.165, 1.54) is 12.5 Å². The maximum Gasteiger partial charge on any atom is 0.257 e. The highest BCUT2D eigenvalue weighted by atomic mass is 16.5. The fourth-order valence-corrected chi connectivity index (χ4v) is 3.66. The summed E-state index contributed by atoms with van der Waals surface area (Å²) in [5.41, 5.74) is 3.06. The van der Waals surface area contributed by atoms with Gasteiger partial charge in [0, 0.05) is 17.8 Å². The second-order valence-electron chi connectivity index (χ2n) is 6.93. The van der Waals surface area contributed by atoms with Crippen molar-refractivity contribution in [2.24, 2.45) is 0 Å². The zero-order valence-corrected chi connectivity index (χ0v) is 16.1. The molecule has 148 valence electrons. The fraction of sp³-hybridized carbons (Fsp3) is 0.217. The van der Waals surface area contributed by atoms with Crippen molar-refractivity contribution in [2.45, 2.75) is 18.9 Å². The average Bonchev–Trinajstić information content (AvgIpc) is 3.46. The van der Waals surface area contributed by atoms with Crippen molar-refractivity contribution in [3.63, 3.8) is 0 Å². The Kier molecular flexibility index (Phi) is 5.33. The minimum atomic E-state index is -0.499. The van der Waals surface area contributed by atoms with Crippen LogP contribution in [0.25, 0.3) is 11.1 Å². The molecule has 4 rings (SSSR count). The van der Waals surface area contributed by atoms with Crippen LogP contribution in [0.3, 0.4) is 0 Å². The largest absolute Gasteiger partial charge is 0.497 e. The summed E-state index contributed by atoms with van der Waals surface area (Å²) in [6.07, 6.45) is 4.31. The Balaban J connectivity index is 1.54. The number of nitrogens with zero attached hydrogens (tertiary/aromatic N) is 1. The van der Waals surface area contributed by atoms with Crippen molar-refractivity contribution < 1.29 is 18.7 Å². The first-order chi connectivity index (χ1) is 14.2. The summed E-state index contributed by atoms with van der Waals surface area (Å²) < 4.78 is 10.2. The second kappa shape index (κ2) is 8.22. The Hall–Kier alpha value is -3.54. The molecule has 1 fully saturated rings. The van der Waals surface area contributed by atoms with Crippen LogP contribution in [0.15, 0.2) is 71.5 Å². The van der Waals surface area contributed by atoms with Crippen LogP contribution in [0.1, 0.15) is 23.2 Å². The Morgan fingerprint density at radius 1 is 1.10 bits per heavy atom. The molecule has 1 atom stereocenters. The highest BCUT2D eigenvalue weighted by Crippen LogP contribution is 2.30. The zero-order chi connectivity index (χ0) is 20.2. The molecule has 1 aliphatic rings. The summed E-state index contributed by atoms with van der Waals surface area (Å²) >= 11 is 0. The van der Waals surface area contributed by atoms with Gasteiger partial charge in [0.05, 0.1) is 18.9 Å². The van der Waals surface area contributed by atoms with Gasteiger partial charge in [-0.25, -0.2) is 0 Å². The van der Waals surface area contributed by atoms with Gasteiger partial charge in [0.15, 0.2) is 0 Å². The number of ether oxygens (including phenoxy) is 1. The lowest BCUT2D eigenvalue weighted by Crippen LogP contribution is -2.43. The molecule has 3 aromatic rings. The summed E-state index contributed by atoms with van der Waals surface area (Å²) in [7, 11) is 1.63. The first-order valence-corrected chi connectivity index (χ1v) is 9.55. The molecule has 0 saturated carbocycles. The van der Waals surface area contributed by atoms with Crippen molar-refractivity contribution >= 4 is 17.5 Å². The molecule has 1 saturated heterocycles. The number of carbonyl (C=O) groups excluding carboxylic acids is 2. The van der Waals surface area contributed by atoms with Gasteiger partial charge in [0.25, 0.3) is 5.91 Å². The number of anilines is 1. The van der Waals surface area contributed by atoms with Crippen LogP contribution >= 0.6 is 0 Å².